The Kier molecular flexibility index (Phi) is 4.40. The molecule has 0 aromatic rings. The maximum absolute atomic E-state index is 12.3. The molecule has 1 aliphatic carbocycles. The molecule has 24 heavy (non-hydrogen) atoms. The number of hydrogen-bond acceptors (Lipinski definition) is 5. The van der Waals surface area contributed by atoms with E-state index in [0.29, 0.717) is 29.9 Å². The fourth-order valence-corrected chi connectivity index (χ4v) is 4.38. The van der Waals surface area contributed by atoms with Gasteiger partial charge in [-0.1, -0.05) is 12.2 Å². The number of nitrogens with one attached hydrogen (secondary N) is 1. The summed E-state index contributed by atoms with van der Waals surface area (Å²) in [5.41, 5.74) is 8.18. The van der Waals surface area contributed by atoms with E-state index >= 15 is 0 Å². The van der Waals surface area contributed by atoms with E-state index in [1.54, 1.807) is 6.92 Å². The summed E-state index contributed by atoms with van der Waals surface area (Å²) in [6.45, 7) is 1.71. The lowest BCUT2D eigenvalue weighted by Crippen LogP contribution is -2.70. The molecule has 3 aliphatic rings. The SMILES string of the molecule is CC1=C(C(=O)O)N2C(=O)C(NC(=O)CC3=C(N)CC=CC3)[C@H]2SC1. The highest BCUT2D eigenvalue weighted by molar-refractivity contribution is 8.00. The Morgan fingerprint density at radius 2 is 2.12 bits per heavy atom. The van der Waals surface area contributed by atoms with Crippen LogP contribution in [0.1, 0.15) is 26.2 Å². The van der Waals surface area contributed by atoms with E-state index in [-0.39, 0.29) is 29.3 Å². The zero-order valence-corrected chi connectivity index (χ0v) is 14.1. The Hall–Kier alpha value is -2.22. The van der Waals surface area contributed by atoms with E-state index in [1.807, 2.05) is 12.2 Å². The van der Waals surface area contributed by atoms with Crippen LogP contribution in [0.15, 0.2) is 34.7 Å². The molecule has 1 saturated heterocycles. The molecule has 0 bridgehead atoms. The van der Waals surface area contributed by atoms with Crippen LogP contribution in [0.25, 0.3) is 0 Å². The standard InChI is InChI=1S/C16H19N3O4S/c1-8-7-24-15-12(14(21)19(15)13(8)16(22)23)18-11(20)6-9-4-2-3-5-10(9)17/h2-3,12,15H,4-7,17H2,1H3,(H,18,20)(H,22,23)/t12?,15-/m1/s1. The molecule has 4 N–H and O–H groups in total. The monoisotopic (exact) mass is 349 g/mol. The van der Waals surface area contributed by atoms with Gasteiger partial charge in [0, 0.05) is 24.3 Å². The van der Waals surface area contributed by atoms with Crippen molar-refractivity contribution in [2.75, 3.05) is 5.75 Å². The molecule has 1 fully saturated rings. The number of carbonyl (C=O) groups excluding carboxylic acids is 2. The van der Waals surface area contributed by atoms with Gasteiger partial charge >= 0.3 is 5.97 Å². The average Bonchev–Trinajstić information content (AvgIpc) is 2.54. The number of nitrogens with zero attached hydrogens (tertiary/aromatic N) is 1. The van der Waals surface area contributed by atoms with Crippen LogP contribution in [0, 0.1) is 0 Å². The zero-order chi connectivity index (χ0) is 17.4. The summed E-state index contributed by atoms with van der Waals surface area (Å²) in [7, 11) is 0. The van der Waals surface area contributed by atoms with Crippen molar-refractivity contribution in [1.29, 1.82) is 0 Å². The second-order valence-electron chi connectivity index (χ2n) is 6.07. The van der Waals surface area contributed by atoms with Crippen molar-refractivity contribution >= 4 is 29.5 Å². The molecule has 2 heterocycles. The maximum atomic E-state index is 12.3. The Morgan fingerprint density at radius 3 is 2.79 bits per heavy atom. The molecule has 8 heteroatoms. The van der Waals surface area contributed by atoms with Crippen LogP contribution in [0.4, 0.5) is 0 Å². The summed E-state index contributed by atoms with van der Waals surface area (Å²) in [6, 6.07) is -0.675. The second-order valence-corrected chi connectivity index (χ2v) is 7.18. The summed E-state index contributed by atoms with van der Waals surface area (Å²) in [5, 5.41) is 11.7. The fraction of sp³-hybridized carbons (Fsp3) is 0.438. The van der Waals surface area contributed by atoms with Gasteiger partial charge in [0.15, 0.2) is 0 Å². The highest BCUT2D eigenvalue weighted by Gasteiger charge is 2.53. The molecular weight excluding hydrogens is 330 g/mol. The lowest BCUT2D eigenvalue weighted by molar-refractivity contribution is -0.150. The van der Waals surface area contributed by atoms with Crippen LogP contribution in [-0.4, -0.2) is 45.0 Å². The molecule has 3 rings (SSSR count). The molecule has 128 valence electrons. The minimum absolute atomic E-state index is 0.0404. The molecule has 0 aromatic carbocycles. The predicted octanol–water partition coefficient (Wildman–Crippen LogP) is 0.698. The number of fused-ring (bicyclic) bond motifs is 1. The first-order valence-electron chi connectivity index (χ1n) is 7.68. The number of carboxylic acid groups (broad SMARTS) is 1. The van der Waals surface area contributed by atoms with Crippen molar-refractivity contribution < 1.29 is 19.5 Å². The van der Waals surface area contributed by atoms with Crippen LogP contribution in [0.5, 0.6) is 0 Å². The largest absolute Gasteiger partial charge is 0.477 e. The quantitative estimate of drug-likeness (QED) is 0.509. The van der Waals surface area contributed by atoms with E-state index in [9.17, 15) is 19.5 Å². The molecule has 0 spiro atoms. The summed E-state index contributed by atoms with van der Waals surface area (Å²) in [6.07, 6.45) is 5.39. The van der Waals surface area contributed by atoms with E-state index in [2.05, 4.69) is 5.32 Å². The lowest BCUT2D eigenvalue weighted by atomic mass is 9.98. The predicted molar refractivity (Wildman–Crippen MR) is 89.6 cm³/mol. The van der Waals surface area contributed by atoms with Crippen LogP contribution < -0.4 is 11.1 Å². The van der Waals surface area contributed by atoms with E-state index in [1.165, 1.54) is 16.7 Å². The van der Waals surface area contributed by atoms with Crippen molar-refractivity contribution in [3.8, 4) is 0 Å². The van der Waals surface area contributed by atoms with Crippen molar-refractivity contribution in [3.63, 3.8) is 0 Å². The van der Waals surface area contributed by atoms with Crippen molar-refractivity contribution in [2.45, 2.75) is 37.6 Å². The third-order valence-corrected chi connectivity index (χ3v) is 5.80. The number of rotatable bonds is 4. The van der Waals surface area contributed by atoms with Gasteiger partial charge in [0.25, 0.3) is 5.91 Å². The molecule has 0 radical (unpaired) electrons. The number of hydrogen-bond donors (Lipinski definition) is 3. The van der Waals surface area contributed by atoms with E-state index < -0.39 is 12.0 Å². The first-order chi connectivity index (χ1) is 11.4. The third kappa shape index (κ3) is 2.82. The van der Waals surface area contributed by atoms with E-state index in [4.69, 9.17) is 5.73 Å². The van der Waals surface area contributed by atoms with Gasteiger partial charge in [-0.25, -0.2) is 4.79 Å². The molecule has 7 nitrogen and oxygen atoms in total. The summed E-state index contributed by atoms with van der Waals surface area (Å²) in [5.74, 6) is -1.21. The Bertz CT molecular complexity index is 710. The average molecular weight is 349 g/mol. The van der Waals surface area contributed by atoms with Crippen LogP contribution >= 0.6 is 11.8 Å². The minimum Gasteiger partial charge on any atom is -0.477 e. The van der Waals surface area contributed by atoms with Gasteiger partial charge in [-0.05, 0) is 24.5 Å². The number of thioether (sulfide) groups is 1. The highest BCUT2D eigenvalue weighted by Crippen LogP contribution is 2.40. The zero-order valence-electron chi connectivity index (χ0n) is 13.2. The van der Waals surface area contributed by atoms with Gasteiger partial charge in [-0.2, -0.15) is 0 Å². The Labute approximate surface area is 143 Å². The van der Waals surface area contributed by atoms with Crippen LogP contribution in [0.2, 0.25) is 0 Å². The highest BCUT2D eigenvalue weighted by atomic mass is 32.2. The van der Waals surface area contributed by atoms with Crippen LogP contribution in [-0.2, 0) is 14.4 Å². The third-order valence-electron chi connectivity index (χ3n) is 4.37. The number of β-lactam (4-membered cyclic amide) rings is 1. The Balaban J connectivity index is 1.65. The van der Waals surface area contributed by atoms with Crippen molar-refractivity contribution in [3.05, 3.63) is 34.7 Å². The first-order valence-corrected chi connectivity index (χ1v) is 8.73. The van der Waals surface area contributed by atoms with Gasteiger partial charge in [0.1, 0.15) is 17.1 Å². The van der Waals surface area contributed by atoms with Gasteiger partial charge in [-0.15, -0.1) is 11.8 Å². The minimum atomic E-state index is -1.11. The molecule has 0 aromatic heterocycles. The van der Waals surface area contributed by atoms with E-state index in [0.717, 1.165) is 5.57 Å². The molecule has 2 aliphatic heterocycles. The molecule has 1 unspecified atom stereocenters. The van der Waals surface area contributed by atoms with Gasteiger partial charge in [-0.3, -0.25) is 14.5 Å². The molecule has 0 saturated carbocycles. The molecular formula is C16H19N3O4S. The first kappa shape index (κ1) is 16.6. The normalized spacial score (nSPS) is 26.2. The van der Waals surface area contributed by atoms with Gasteiger partial charge in [0.2, 0.25) is 5.91 Å². The summed E-state index contributed by atoms with van der Waals surface area (Å²) >= 11 is 1.46. The topological polar surface area (TPSA) is 113 Å². The number of allylic oxidation sites excluding steroid dienone is 2. The number of nitrogens with two attached hydrogens (primary N) is 1. The number of carboxylic acids is 1. The summed E-state index contributed by atoms with van der Waals surface area (Å²) in [4.78, 5) is 37.2. The van der Waals surface area contributed by atoms with Gasteiger partial charge < -0.3 is 16.2 Å². The van der Waals surface area contributed by atoms with Crippen molar-refractivity contribution in [1.82, 2.24) is 10.2 Å². The maximum Gasteiger partial charge on any atom is 0.352 e. The summed E-state index contributed by atoms with van der Waals surface area (Å²) < 4.78 is 0. The van der Waals surface area contributed by atoms with Crippen LogP contribution in [0.3, 0.4) is 0 Å². The molecule has 2 atom stereocenters. The Morgan fingerprint density at radius 1 is 1.42 bits per heavy atom. The van der Waals surface area contributed by atoms with Gasteiger partial charge in [0.05, 0.1) is 0 Å². The molecule has 2 amide bonds. The van der Waals surface area contributed by atoms with Crippen molar-refractivity contribution in [2.24, 2.45) is 5.73 Å². The second kappa shape index (κ2) is 6.35. The number of amides is 2. The lowest BCUT2D eigenvalue weighted by Gasteiger charge is -2.49. The fourth-order valence-electron chi connectivity index (χ4n) is 3.09. The number of carbonyl (C=O) groups is 3. The number of aliphatic carboxylic acids is 1. The smallest absolute Gasteiger partial charge is 0.352 e.